The lowest BCUT2D eigenvalue weighted by Gasteiger charge is -2.10. The van der Waals surface area contributed by atoms with E-state index in [9.17, 15) is 13.2 Å². The molecule has 0 aliphatic heterocycles. The number of aromatic nitrogens is 2. The van der Waals surface area contributed by atoms with Crippen molar-refractivity contribution >= 4 is 27.3 Å². The summed E-state index contributed by atoms with van der Waals surface area (Å²) in [5.41, 5.74) is 1.66. The Balaban J connectivity index is 1.74. The van der Waals surface area contributed by atoms with Crippen LogP contribution in [0.3, 0.4) is 0 Å². The number of nitrogens with zero attached hydrogens (tertiary/aromatic N) is 1. The molecular formula is C20H22N4O5S. The molecule has 1 aromatic heterocycles. The summed E-state index contributed by atoms with van der Waals surface area (Å²) < 4.78 is 38.2. The van der Waals surface area contributed by atoms with Gasteiger partial charge >= 0.3 is 0 Å². The van der Waals surface area contributed by atoms with Crippen molar-refractivity contribution in [3.8, 4) is 11.5 Å². The number of benzene rings is 2. The molecule has 0 aliphatic carbocycles. The average molecular weight is 430 g/mol. The highest BCUT2D eigenvalue weighted by Gasteiger charge is 2.21. The molecule has 0 spiro atoms. The first-order valence-corrected chi connectivity index (χ1v) is 10.6. The fourth-order valence-electron chi connectivity index (χ4n) is 2.66. The Morgan fingerprint density at radius 1 is 1.13 bits per heavy atom. The number of nitrogens with one attached hydrogen (secondary N) is 3. The van der Waals surface area contributed by atoms with E-state index in [0.29, 0.717) is 29.5 Å². The van der Waals surface area contributed by atoms with Crippen molar-refractivity contribution in [2.24, 2.45) is 0 Å². The number of H-pyrrole nitrogens is 1. The zero-order chi connectivity index (χ0) is 21.7. The molecule has 0 bridgehead atoms. The number of hydrogen-bond donors (Lipinski definition) is 3. The van der Waals surface area contributed by atoms with Crippen molar-refractivity contribution in [1.29, 1.82) is 0 Å². The van der Waals surface area contributed by atoms with Crippen LogP contribution in [0.4, 0.5) is 11.4 Å². The van der Waals surface area contributed by atoms with Crippen LogP contribution in [0.25, 0.3) is 0 Å². The van der Waals surface area contributed by atoms with Gasteiger partial charge in [-0.15, -0.1) is 0 Å². The molecule has 0 saturated carbocycles. The van der Waals surface area contributed by atoms with E-state index < -0.39 is 15.9 Å². The molecule has 0 radical (unpaired) electrons. The van der Waals surface area contributed by atoms with Crippen molar-refractivity contribution in [3.63, 3.8) is 0 Å². The summed E-state index contributed by atoms with van der Waals surface area (Å²) in [5.74, 6) is 0.541. The van der Waals surface area contributed by atoms with Gasteiger partial charge in [0.05, 0.1) is 19.4 Å². The molecule has 9 nitrogen and oxygen atoms in total. The second kappa shape index (κ2) is 8.87. The maximum absolute atomic E-state index is 12.6. The number of aromatic amines is 1. The van der Waals surface area contributed by atoms with E-state index in [2.05, 4.69) is 20.2 Å². The summed E-state index contributed by atoms with van der Waals surface area (Å²) in [6.45, 7) is 4.25. The van der Waals surface area contributed by atoms with Crippen molar-refractivity contribution in [2.75, 3.05) is 23.8 Å². The maximum atomic E-state index is 12.6. The number of aryl methyl sites for hydroxylation is 1. The third kappa shape index (κ3) is 4.90. The topological polar surface area (TPSA) is 122 Å². The van der Waals surface area contributed by atoms with Crippen LogP contribution in [0, 0.1) is 6.92 Å². The molecule has 10 heteroatoms. The normalized spacial score (nSPS) is 11.0. The second-order valence-electron chi connectivity index (χ2n) is 6.34. The van der Waals surface area contributed by atoms with Crippen LogP contribution in [0.15, 0.2) is 53.6 Å². The van der Waals surface area contributed by atoms with Gasteiger partial charge in [-0.05, 0) is 55.8 Å². The molecule has 3 aromatic rings. The monoisotopic (exact) mass is 430 g/mol. The van der Waals surface area contributed by atoms with Gasteiger partial charge in [0.1, 0.15) is 11.5 Å². The molecule has 0 unspecified atom stereocenters. The number of methoxy groups -OCH3 is 1. The van der Waals surface area contributed by atoms with E-state index in [1.165, 1.54) is 7.11 Å². The first kappa shape index (κ1) is 21.2. The zero-order valence-electron chi connectivity index (χ0n) is 16.7. The summed E-state index contributed by atoms with van der Waals surface area (Å²) in [6, 6.07) is 13.0. The van der Waals surface area contributed by atoms with E-state index >= 15 is 0 Å². The largest absolute Gasteiger partial charge is 0.495 e. The van der Waals surface area contributed by atoms with E-state index in [0.717, 1.165) is 11.6 Å². The van der Waals surface area contributed by atoms with Crippen LogP contribution in [0.1, 0.15) is 23.0 Å². The minimum Gasteiger partial charge on any atom is -0.495 e. The molecule has 0 saturated heterocycles. The Bertz CT molecular complexity index is 1140. The minimum absolute atomic E-state index is 0.0781. The van der Waals surface area contributed by atoms with Crippen molar-refractivity contribution in [2.45, 2.75) is 18.9 Å². The van der Waals surface area contributed by atoms with Gasteiger partial charge in [-0.3, -0.25) is 14.6 Å². The van der Waals surface area contributed by atoms with E-state index in [1.807, 2.05) is 19.9 Å². The van der Waals surface area contributed by atoms with Crippen LogP contribution >= 0.6 is 0 Å². The number of sulfonamides is 1. The Hall–Kier alpha value is -3.53. The quantitative estimate of drug-likeness (QED) is 0.504. The third-order valence-corrected chi connectivity index (χ3v) is 5.39. The maximum Gasteiger partial charge on any atom is 0.278 e. The zero-order valence-corrected chi connectivity index (χ0v) is 17.5. The Morgan fingerprint density at radius 3 is 2.53 bits per heavy atom. The lowest BCUT2D eigenvalue weighted by molar-refractivity contribution is 0.102. The Labute approximate surface area is 174 Å². The number of amides is 1. The fraction of sp³-hybridized carbons (Fsp3) is 0.200. The van der Waals surface area contributed by atoms with Crippen LogP contribution in [-0.4, -0.2) is 38.2 Å². The van der Waals surface area contributed by atoms with Crippen molar-refractivity contribution in [3.05, 3.63) is 59.8 Å². The Morgan fingerprint density at radius 2 is 1.87 bits per heavy atom. The number of carbonyl (C=O) groups excluding carboxylic acids is 1. The van der Waals surface area contributed by atoms with Gasteiger partial charge in [0.2, 0.25) is 0 Å². The van der Waals surface area contributed by atoms with E-state index in [4.69, 9.17) is 9.47 Å². The standard InChI is InChI=1S/C20H22N4O5S/c1-4-29-15-8-6-14(7-9-15)24-30(26,27)19-12-17(22-23-19)20(25)21-16-11-13(2)5-10-18(16)28-3/h5-12,24H,4H2,1-3H3,(H,21,25)(H,22,23). The highest BCUT2D eigenvalue weighted by molar-refractivity contribution is 7.92. The van der Waals surface area contributed by atoms with Gasteiger partial charge in [0.25, 0.3) is 15.9 Å². The number of anilines is 2. The van der Waals surface area contributed by atoms with Crippen LogP contribution in [0.2, 0.25) is 0 Å². The van der Waals surface area contributed by atoms with Crippen LogP contribution in [0.5, 0.6) is 11.5 Å². The van der Waals surface area contributed by atoms with Crippen LogP contribution < -0.4 is 19.5 Å². The minimum atomic E-state index is -3.96. The Kier molecular flexibility index (Phi) is 6.26. The first-order chi connectivity index (χ1) is 14.3. The van der Waals surface area contributed by atoms with Gasteiger partial charge in [-0.25, -0.2) is 0 Å². The molecule has 1 amide bonds. The molecule has 0 fully saturated rings. The molecule has 1 heterocycles. The summed E-state index contributed by atoms with van der Waals surface area (Å²) in [7, 11) is -2.46. The SMILES string of the molecule is CCOc1ccc(NS(=O)(=O)c2cc(C(=O)Nc3cc(C)ccc3OC)n[nH]2)cc1. The van der Waals surface area contributed by atoms with Gasteiger partial charge in [0.15, 0.2) is 10.7 Å². The molecule has 3 N–H and O–H groups in total. The van der Waals surface area contributed by atoms with Crippen LogP contribution in [-0.2, 0) is 10.0 Å². The van der Waals surface area contributed by atoms with E-state index in [-0.39, 0.29) is 10.7 Å². The van der Waals surface area contributed by atoms with Gasteiger partial charge < -0.3 is 14.8 Å². The average Bonchev–Trinajstić information content (AvgIpc) is 3.21. The predicted octanol–water partition coefficient (Wildman–Crippen LogP) is 3.18. The van der Waals surface area contributed by atoms with Gasteiger partial charge in [0, 0.05) is 11.8 Å². The second-order valence-corrected chi connectivity index (χ2v) is 7.99. The number of rotatable bonds is 8. The summed E-state index contributed by atoms with van der Waals surface area (Å²) in [6.07, 6.45) is 0. The summed E-state index contributed by atoms with van der Waals surface area (Å²) >= 11 is 0. The molecule has 158 valence electrons. The van der Waals surface area contributed by atoms with Crippen molar-refractivity contribution in [1.82, 2.24) is 10.2 Å². The lowest BCUT2D eigenvalue weighted by Crippen LogP contribution is -2.14. The summed E-state index contributed by atoms with van der Waals surface area (Å²) in [5, 5.41) is 8.64. The molecule has 2 aromatic carbocycles. The highest BCUT2D eigenvalue weighted by Crippen LogP contribution is 2.26. The fourth-order valence-corrected chi connectivity index (χ4v) is 3.65. The molecular weight excluding hydrogens is 408 g/mol. The number of carbonyl (C=O) groups is 1. The molecule has 0 aliphatic rings. The third-order valence-electron chi connectivity index (χ3n) is 4.10. The first-order valence-electron chi connectivity index (χ1n) is 9.09. The smallest absolute Gasteiger partial charge is 0.278 e. The molecule has 3 rings (SSSR count). The molecule has 30 heavy (non-hydrogen) atoms. The highest BCUT2D eigenvalue weighted by atomic mass is 32.2. The number of ether oxygens (including phenoxy) is 2. The van der Waals surface area contributed by atoms with Gasteiger partial charge in [-0.2, -0.15) is 13.5 Å². The molecule has 0 atom stereocenters. The van der Waals surface area contributed by atoms with E-state index in [1.54, 1.807) is 36.4 Å². The van der Waals surface area contributed by atoms with Crippen molar-refractivity contribution < 1.29 is 22.7 Å². The number of hydrogen-bond acceptors (Lipinski definition) is 6. The summed E-state index contributed by atoms with van der Waals surface area (Å²) in [4.78, 5) is 12.5. The lowest BCUT2D eigenvalue weighted by atomic mass is 10.2. The van der Waals surface area contributed by atoms with Gasteiger partial charge in [-0.1, -0.05) is 6.07 Å². The predicted molar refractivity (Wildman–Crippen MR) is 113 cm³/mol.